The molecule has 0 aliphatic carbocycles. The van der Waals surface area contributed by atoms with Crippen LogP contribution in [0.15, 0.2) is 24.3 Å². The molecule has 2 atom stereocenters. The molecular formula is C10H11NO2. The fraction of sp³-hybridized carbons (Fsp3) is 0.400. The third-order valence-corrected chi connectivity index (χ3v) is 2.51. The van der Waals surface area contributed by atoms with E-state index < -0.39 is 0 Å². The summed E-state index contributed by atoms with van der Waals surface area (Å²) < 4.78 is 11.5. The van der Waals surface area contributed by atoms with Gasteiger partial charge in [-0.05, 0) is 12.1 Å². The number of nitrogens with one attached hydrogen (secondary N) is 1. The van der Waals surface area contributed by atoms with E-state index >= 15 is 0 Å². The molecule has 1 fully saturated rings. The van der Waals surface area contributed by atoms with Gasteiger partial charge in [-0.1, -0.05) is 12.1 Å². The molecule has 0 bridgehead atoms. The molecule has 68 valence electrons. The highest BCUT2D eigenvalue weighted by Crippen LogP contribution is 2.34. The number of fused-ring (bicyclic) bond motifs is 2. The highest BCUT2D eigenvalue weighted by atomic mass is 16.6. The highest BCUT2D eigenvalue weighted by Gasteiger charge is 2.35. The van der Waals surface area contributed by atoms with Crippen molar-refractivity contribution in [2.24, 2.45) is 0 Å². The summed E-state index contributed by atoms with van der Waals surface area (Å²) >= 11 is 0. The molecule has 3 nitrogen and oxygen atoms in total. The summed E-state index contributed by atoms with van der Waals surface area (Å²) in [6.45, 7) is 1.78. The van der Waals surface area contributed by atoms with Crippen molar-refractivity contribution < 1.29 is 9.47 Å². The Labute approximate surface area is 76.7 Å². The quantitative estimate of drug-likeness (QED) is 0.635. The molecule has 2 aliphatic heterocycles. The van der Waals surface area contributed by atoms with Crippen molar-refractivity contribution in [2.45, 2.75) is 12.2 Å². The molecule has 1 aromatic rings. The van der Waals surface area contributed by atoms with Gasteiger partial charge in [0.2, 0.25) is 0 Å². The molecule has 1 saturated heterocycles. The van der Waals surface area contributed by atoms with Crippen LogP contribution in [-0.4, -0.2) is 25.3 Å². The summed E-state index contributed by atoms with van der Waals surface area (Å²) in [5.74, 6) is 1.74. The second kappa shape index (κ2) is 2.64. The van der Waals surface area contributed by atoms with Gasteiger partial charge in [-0.25, -0.2) is 0 Å². The molecule has 0 amide bonds. The number of para-hydroxylation sites is 2. The van der Waals surface area contributed by atoms with E-state index in [-0.39, 0.29) is 12.2 Å². The van der Waals surface area contributed by atoms with Crippen LogP contribution in [0.1, 0.15) is 0 Å². The number of benzene rings is 1. The number of hydrogen-bond acceptors (Lipinski definition) is 3. The SMILES string of the molecule is c1ccc2c(c1)O[C@H]1CNC[C@@H]1O2. The van der Waals surface area contributed by atoms with Gasteiger partial charge in [0.15, 0.2) is 11.5 Å². The van der Waals surface area contributed by atoms with Crippen LogP contribution in [0.25, 0.3) is 0 Å². The zero-order valence-electron chi connectivity index (χ0n) is 7.19. The van der Waals surface area contributed by atoms with Crippen LogP contribution in [0.2, 0.25) is 0 Å². The van der Waals surface area contributed by atoms with E-state index in [1.165, 1.54) is 0 Å². The van der Waals surface area contributed by atoms with Gasteiger partial charge in [-0.3, -0.25) is 0 Å². The molecule has 3 heteroatoms. The van der Waals surface area contributed by atoms with Gasteiger partial charge in [0.05, 0.1) is 0 Å². The molecule has 0 unspecified atom stereocenters. The van der Waals surface area contributed by atoms with Gasteiger partial charge < -0.3 is 14.8 Å². The average Bonchev–Trinajstić information content (AvgIpc) is 2.61. The lowest BCUT2D eigenvalue weighted by atomic mass is 10.2. The van der Waals surface area contributed by atoms with E-state index in [4.69, 9.17) is 9.47 Å². The van der Waals surface area contributed by atoms with Crippen molar-refractivity contribution in [1.82, 2.24) is 5.32 Å². The monoisotopic (exact) mass is 177 g/mol. The van der Waals surface area contributed by atoms with Crippen LogP contribution in [-0.2, 0) is 0 Å². The molecule has 0 aromatic heterocycles. The maximum atomic E-state index is 5.77. The molecule has 3 rings (SSSR count). The lowest BCUT2D eigenvalue weighted by Crippen LogP contribution is -2.38. The fourth-order valence-corrected chi connectivity index (χ4v) is 1.84. The number of ether oxygens (including phenoxy) is 2. The summed E-state index contributed by atoms with van der Waals surface area (Å²) in [4.78, 5) is 0. The number of hydrogen-bond donors (Lipinski definition) is 1. The third kappa shape index (κ3) is 1.08. The van der Waals surface area contributed by atoms with Crippen LogP contribution in [0.3, 0.4) is 0 Å². The maximum Gasteiger partial charge on any atom is 0.161 e. The molecule has 0 spiro atoms. The summed E-state index contributed by atoms with van der Waals surface area (Å²) in [5, 5.41) is 3.25. The van der Waals surface area contributed by atoms with E-state index in [9.17, 15) is 0 Å². The normalized spacial score (nSPS) is 29.8. The van der Waals surface area contributed by atoms with Crippen LogP contribution in [0.4, 0.5) is 0 Å². The standard InChI is InChI=1S/C10H11NO2/c1-2-4-8-7(3-1)12-9-5-11-6-10(9)13-8/h1-4,9-11H,5-6H2/t9-,10-/m0/s1. The van der Waals surface area contributed by atoms with Gasteiger partial charge in [-0.15, -0.1) is 0 Å². The highest BCUT2D eigenvalue weighted by molar-refractivity contribution is 5.41. The Morgan fingerprint density at radius 2 is 1.54 bits per heavy atom. The first kappa shape index (κ1) is 7.21. The minimum atomic E-state index is 0.190. The van der Waals surface area contributed by atoms with Crippen molar-refractivity contribution in [3.05, 3.63) is 24.3 Å². The fourth-order valence-electron chi connectivity index (χ4n) is 1.84. The first-order valence-electron chi connectivity index (χ1n) is 4.56. The Morgan fingerprint density at radius 3 is 2.08 bits per heavy atom. The molecule has 13 heavy (non-hydrogen) atoms. The van der Waals surface area contributed by atoms with E-state index in [0.717, 1.165) is 24.6 Å². The Bertz CT molecular complexity index is 295. The molecule has 0 radical (unpaired) electrons. The molecule has 1 N–H and O–H groups in total. The molecule has 1 aromatic carbocycles. The van der Waals surface area contributed by atoms with E-state index in [1.807, 2.05) is 24.3 Å². The van der Waals surface area contributed by atoms with Crippen molar-refractivity contribution in [3.8, 4) is 11.5 Å². The summed E-state index contributed by atoms with van der Waals surface area (Å²) in [6, 6.07) is 7.82. The van der Waals surface area contributed by atoms with Crippen LogP contribution in [0.5, 0.6) is 11.5 Å². The van der Waals surface area contributed by atoms with Gasteiger partial charge in [0, 0.05) is 13.1 Å². The maximum absolute atomic E-state index is 5.77. The van der Waals surface area contributed by atoms with Crippen molar-refractivity contribution in [1.29, 1.82) is 0 Å². The average molecular weight is 177 g/mol. The zero-order valence-corrected chi connectivity index (χ0v) is 7.19. The van der Waals surface area contributed by atoms with Crippen LogP contribution >= 0.6 is 0 Å². The smallest absolute Gasteiger partial charge is 0.161 e. The Balaban J connectivity index is 1.97. The van der Waals surface area contributed by atoms with Crippen molar-refractivity contribution >= 4 is 0 Å². The molecule has 0 saturated carbocycles. The summed E-state index contributed by atoms with van der Waals surface area (Å²) in [5.41, 5.74) is 0. The first-order chi connectivity index (χ1) is 6.43. The summed E-state index contributed by atoms with van der Waals surface area (Å²) in [6.07, 6.45) is 0.379. The van der Waals surface area contributed by atoms with E-state index in [2.05, 4.69) is 5.32 Å². The van der Waals surface area contributed by atoms with Crippen LogP contribution in [0, 0.1) is 0 Å². The zero-order chi connectivity index (χ0) is 8.67. The third-order valence-electron chi connectivity index (χ3n) is 2.51. The number of rotatable bonds is 0. The first-order valence-corrected chi connectivity index (χ1v) is 4.56. The minimum Gasteiger partial charge on any atom is -0.481 e. The van der Waals surface area contributed by atoms with Crippen molar-refractivity contribution in [3.63, 3.8) is 0 Å². The van der Waals surface area contributed by atoms with Gasteiger partial charge in [0.1, 0.15) is 12.2 Å². The van der Waals surface area contributed by atoms with E-state index in [1.54, 1.807) is 0 Å². The largest absolute Gasteiger partial charge is 0.481 e. The molecule has 2 aliphatic rings. The lowest BCUT2D eigenvalue weighted by Gasteiger charge is -2.28. The summed E-state index contributed by atoms with van der Waals surface area (Å²) in [7, 11) is 0. The van der Waals surface area contributed by atoms with Crippen LogP contribution < -0.4 is 14.8 Å². The Kier molecular flexibility index (Phi) is 1.46. The molecule has 2 heterocycles. The second-order valence-corrected chi connectivity index (χ2v) is 3.42. The predicted molar refractivity (Wildman–Crippen MR) is 48.1 cm³/mol. The lowest BCUT2D eigenvalue weighted by molar-refractivity contribution is 0.0552. The minimum absolute atomic E-state index is 0.190. The predicted octanol–water partition coefficient (Wildman–Crippen LogP) is 0.798. The topological polar surface area (TPSA) is 30.5 Å². The van der Waals surface area contributed by atoms with E-state index in [0.29, 0.717) is 0 Å². The van der Waals surface area contributed by atoms with Crippen molar-refractivity contribution in [2.75, 3.05) is 13.1 Å². The second-order valence-electron chi connectivity index (χ2n) is 3.42. The Morgan fingerprint density at radius 1 is 1.00 bits per heavy atom. The van der Waals surface area contributed by atoms with Gasteiger partial charge >= 0.3 is 0 Å². The van der Waals surface area contributed by atoms with Gasteiger partial charge in [0.25, 0.3) is 0 Å². The molecular weight excluding hydrogens is 166 g/mol. The van der Waals surface area contributed by atoms with Gasteiger partial charge in [-0.2, -0.15) is 0 Å². The Hall–Kier alpha value is -1.22.